The van der Waals surface area contributed by atoms with Crippen molar-refractivity contribution in [3.63, 3.8) is 0 Å². The van der Waals surface area contributed by atoms with E-state index >= 15 is 0 Å². The molecule has 1 aromatic heterocycles. The van der Waals surface area contributed by atoms with E-state index in [4.69, 9.17) is 9.47 Å². The number of benzene rings is 5. The number of aryl methyl sites for hydroxylation is 3. The van der Waals surface area contributed by atoms with Crippen LogP contribution in [0.25, 0.3) is 10.9 Å². The number of nitrogens with zero attached hydrogens (tertiary/aromatic N) is 1. The van der Waals surface area contributed by atoms with Crippen LogP contribution in [0.5, 0.6) is 11.5 Å². The van der Waals surface area contributed by atoms with Crippen LogP contribution in [0.1, 0.15) is 90.7 Å². The van der Waals surface area contributed by atoms with Crippen LogP contribution in [0.2, 0.25) is 0 Å². The number of ether oxygens (including phenoxy) is 2. The van der Waals surface area contributed by atoms with Gasteiger partial charge in [0.1, 0.15) is 11.5 Å². The van der Waals surface area contributed by atoms with Crippen molar-refractivity contribution in [3.8, 4) is 11.5 Å². The Labute approximate surface area is 323 Å². The fourth-order valence-corrected chi connectivity index (χ4v) is 9.46. The van der Waals surface area contributed by atoms with E-state index in [0.717, 1.165) is 90.5 Å². The van der Waals surface area contributed by atoms with E-state index in [1.807, 2.05) is 37.3 Å². The second kappa shape index (κ2) is 16.8. The highest BCUT2D eigenvalue weighted by Gasteiger charge is 2.32. The Morgan fingerprint density at radius 2 is 1.49 bits per heavy atom. The van der Waals surface area contributed by atoms with Gasteiger partial charge in [-0.1, -0.05) is 95.5 Å². The van der Waals surface area contributed by atoms with E-state index in [1.54, 1.807) is 18.3 Å². The number of hydrogen-bond acceptors (Lipinski definition) is 4. The van der Waals surface area contributed by atoms with Crippen LogP contribution < -0.4 is 9.47 Å². The molecule has 7 heteroatoms. The molecule has 274 valence electrons. The number of aromatic nitrogens is 1. The molecular weight excluding hydrogens is 742 g/mol. The minimum Gasteiger partial charge on any atom is -0.494 e. The summed E-state index contributed by atoms with van der Waals surface area (Å²) < 4.78 is 42.0. The monoisotopic (exact) mass is 789 g/mol. The first-order valence-electron chi connectivity index (χ1n) is 19.0. The predicted molar refractivity (Wildman–Crippen MR) is 219 cm³/mol. The van der Waals surface area contributed by atoms with Gasteiger partial charge in [0.05, 0.1) is 23.6 Å². The van der Waals surface area contributed by atoms with Gasteiger partial charge in [-0.25, -0.2) is 12.4 Å². The lowest BCUT2D eigenvalue weighted by molar-refractivity contribution is 0.305. The first-order valence-corrected chi connectivity index (χ1v) is 21.2. The molecule has 0 saturated carbocycles. The van der Waals surface area contributed by atoms with Crippen LogP contribution in [-0.4, -0.2) is 25.6 Å². The van der Waals surface area contributed by atoms with E-state index in [2.05, 4.69) is 95.7 Å². The number of unbranched alkanes of at least 4 members (excludes halogenated alkanes) is 3. The molecule has 0 spiro atoms. The van der Waals surface area contributed by atoms with Crippen LogP contribution in [0.15, 0.2) is 131 Å². The van der Waals surface area contributed by atoms with Crippen molar-refractivity contribution in [2.45, 2.75) is 81.9 Å². The van der Waals surface area contributed by atoms with Gasteiger partial charge in [0.15, 0.2) is 0 Å². The van der Waals surface area contributed by atoms with Crippen molar-refractivity contribution < 1.29 is 17.9 Å². The molecule has 0 N–H and O–H groups in total. The Hall–Kier alpha value is -4.33. The minimum absolute atomic E-state index is 0.262. The molecule has 6 aromatic rings. The highest BCUT2D eigenvalue weighted by molar-refractivity contribution is 9.10. The van der Waals surface area contributed by atoms with Crippen molar-refractivity contribution >= 4 is 36.9 Å². The molecule has 0 aliphatic heterocycles. The summed E-state index contributed by atoms with van der Waals surface area (Å²) in [6.45, 7) is 5.54. The summed E-state index contributed by atoms with van der Waals surface area (Å²) in [7, 11) is -3.72. The van der Waals surface area contributed by atoms with Crippen LogP contribution in [0.4, 0.5) is 0 Å². The van der Waals surface area contributed by atoms with Gasteiger partial charge < -0.3 is 9.47 Å². The van der Waals surface area contributed by atoms with Crippen molar-refractivity contribution in [3.05, 3.63) is 159 Å². The summed E-state index contributed by atoms with van der Waals surface area (Å²) in [6.07, 6.45) is 9.76. The quantitative estimate of drug-likeness (QED) is 0.0972. The SMILES string of the molecule is CCCCOc1ccc2c(c1)CC[C@H](c1ccccc1)[C@@H]2c1ccc(OCCCCCc2cn(S(=O)(=O)c3ccc(C)cc3)c3ccc(Br)cc23)cc1. The highest BCUT2D eigenvalue weighted by atomic mass is 79.9. The van der Waals surface area contributed by atoms with Crippen LogP contribution >= 0.6 is 15.9 Å². The summed E-state index contributed by atoms with van der Waals surface area (Å²) in [6, 6.07) is 39.2. The molecular formula is C46H48BrNO4S. The average Bonchev–Trinajstić information content (AvgIpc) is 3.54. The normalized spacial score (nSPS) is 15.7. The first kappa shape index (κ1) is 37.0. The molecule has 0 unspecified atom stereocenters. The lowest BCUT2D eigenvalue weighted by Crippen LogP contribution is -2.20. The Morgan fingerprint density at radius 1 is 0.755 bits per heavy atom. The van der Waals surface area contributed by atoms with Gasteiger partial charge >= 0.3 is 0 Å². The zero-order valence-corrected chi connectivity index (χ0v) is 33.0. The lowest BCUT2D eigenvalue weighted by atomic mass is 9.69. The molecule has 7 rings (SSSR count). The molecule has 0 radical (unpaired) electrons. The number of fused-ring (bicyclic) bond motifs is 2. The van der Waals surface area contributed by atoms with E-state index in [0.29, 0.717) is 22.9 Å². The highest BCUT2D eigenvalue weighted by Crippen LogP contribution is 2.47. The summed E-state index contributed by atoms with van der Waals surface area (Å²) in [5, 5.41) is 0.960. The zero-order chi connectivity index (χ0) is 36.8. The maximum Gasteiger partial charge on any atom is 0.268 e. The van der Waals surface area contributed by atoms with Crippen LogP contribution in [-0.2, 0) is 22.9 Å². The van der Waals surface area contributed by atoms with Crippen molar-refractivity contribution in [1.29, 1.82) is 0 Å². The molecule has 0 amide bonds. The molecule has 1 aliphatic rings. The molecule has 1 heterocycles. The Balaban J connectivity index is 0.984. The Bertz CT molecular complexity index is 2250. The van der Waals surface area contributed by atoms with Gasteiger partial charge in [-0.3, -0.25) is 0 Å². The van der Waals surface area contributed by atoms with E-state index in [1.165, 1.54) is 26.2 Å². The summed E-state index contributed by atoms with van der Waals surface area (Å²) in [5.41, 5.74) is 8.23. The Morgan fingerprint density at radius 3 is 2.26 bits per heavy atom. The predicted octanol–water partition coefficient (Wildman–Crippen LogP) is 11.8. The molecule has 5 nitrogen and oxygen atoms in total. The standard InChI is InChI=1S/C46H48BrNO4S/c1-3-4-28-52-40-22-26-43-36(30-40)18-25-42(34-11-7-5-8-12-34)46(43)35-16-20-39(21-17-35)51-29-10-6-9-13-37-32-48(45-27-19-38(47)31-44(37)45)53(49,50)41-23-14-33(2)15-24-41/h5,7-8,11-12,14-17,19-24,26-27,30-32,42,46H,3-4,6,9-10,13,18,25,28-29H2,1-2H3/t42-,46+/m1/s1. The maximum atomic E-state index is 13.6. The number of hydrogen-bond donors (Lipinski definition) is 0. The Kier molecular flexibility index (Phi) is 11.7. The van der Waals surface area contributed by atoms with Crippen LogP contribution in [0, 0.1) is 6.92 Å². The van der Waals surface area contributed by atoms with Gasteiger partial charge in [-0.15, -0.1) is 0 Å². The summed E-state index contributed by atoms with van der Waals surface area (Å²) >= 11 is 3.58. The molecule has 53 heavy (non-hydrogen) atoms. The fourth-order valence-electron chi connectivity index (χ4n) is 7.71. The fraction of sp³-hybridized carbons (Fsp3) is 0.304. The van der Waals surface area contributed by atoms with E-state index in [-0.39, 0.29) is 5.92 Å². The van der Waals surface area contributed by atoms with E-state index < -0.39 is 10.0 Å². The van der Waals surface area contributed by atoms with Crippen LogP contribution in [0.3, 0.4) is 0 Å². The maximum absolute atomic E-state index is 13.6. The van der Waals surface area contributed by atoms with Gasteiger partial charge in [0, 0.05) is 22.0 Å². The smallest absolute Gasteiger partial charge is 0.268 e. The van der Waals surface area contributed by atoms with Crippen molar-refractivity contribution in [2.24, 2.45) is 0 Å². The molecule has 0 saturated heterocycles. The van der Waals surface area contributed by atoms with Gasteiger partial charge in [0.2, 0.25) is 0 Å². The molecule has 5 aromatic carbocycles. The number of halogens is 1. The second-order valence-corrected chi connectivity index (χ2v) is 17.0. The molecule has 2 atom stereocenters. The third kappa shape index (κ3) is 8.42. The molecule has 1 aliphatic carbocycles. The van der Waals surface area contributed by atoms with Gasteiger partial charge in [-0.05, 0) is 140 Å². The lowest BCUT2D eigenvalue weighted by Gasteiger charge is -2.35. The summed E-state index contributed by atoms with van der Waals surface area (Å²) in [4.78, 5) is 0.293. The van der Waals surface area contributed by atoms with Crippen molar-refractivity contribution in [1.82, 2.24) is 3.97 Å². The minimum atomic E-state index is -3.72. The third-order valence-electron chi connectivity index (χ3n) is 10.6. The molecule has 0 bridgehead atoms. The third-order valence-corrected chi connectivity index (χ3v) is 12.7. The summed E-state index contributed by atoms with van der Waals surface area (Å²) in [5.74, 6) is 2.53. The van der Waals surface area contributed by atoms with Gasteiger partial charge in [0.25, 0.3) is 10.0 Å². The van der Waals surface area contributed by atoms with Gasteiger partial charge in [-0.2, -0.15) is 0 Å². The zero-order valence-electron chi connectivity index (χ0n) is 30.6. The largest absolute Gasteiger partial charge is 0.494 e. The number of rotatable bonds is 15. The average molecular weight is 791 g/mol. The van der Waals surface area contributed by atoms with Crippen molar-refractivity contribution in [2.75, 3.05) is 13.2 Å². The van der Waals surface area contributed by atoms with E-state index in [9.17, 15) is 8.42 Å². The second-order valence-electron chi connectivity index (χ2n) is 14.3. The topological polar surface area (TPSA) is 57.5 Å². The molecule has 0 fully saturated rings. The first-order chi connectivity index (χ1) is 25.8.